The summed E-state index contributed by atoms with van der Waals surface area (Å²) in [6, 6.07) is 7.85. The van der Waals surface area contributed by atoms with Crippen LogP contribution in [0.15, 0.2) is 42.9 Å². The summed E-state index contributed by atoms with van der Waals surface area (Å²) in [6.07, 6.45) is 5.36. The molecule has 25 heavy (non-hydrogen) atoms. The maximum atomic E-state index is 12.8. The molecule has 0 bridgehead atoms. The van der Waals surface area contributed by atoms with Gasteiger partial charge in [-0.15, -0.1) is 0 Å². The van der Waals surface area contributed by atoms with Gasteiger partial charge in [0.2, 0.25) is 5.91 Å². The lowest BCUT2D eigenvalue weighted by Gasteiger charge is -2.15. The molecule has 2 aromatic heterocycles. The second-order valence-electron chi connectivity index (χ2n) is 6.16. The summed E-state index contributed by atoms with van der Waals surface area (Å²) in [6.45, 7) is 2.23. The van der Waals surface area contributed by atoms with Gasteiger partial charge in [-0.25, -0.2) is 0 Å². The van der Waals surface area contributed by atoms with Crippen molar-refractivity contribution < 1.29 is 4.79 Å². The number of nitrogens with one attached hydrogen (secondary N) is 1. The number of nitrogens with two attached hydrogens (primary N) is 1. The number of carbonyl (C=O) groups excluding carboxylic acids is 1. The van der Waals surface area contributed by atoms with Crippen molar-refractivity contribution in [1.29, 1.82) is 0 Å². The largest absolute Gasteiger partial charge is 0.329 e. The van der Waals surface area contributed by atoms with Crippen molar-refractivity contribution in [2.75, 3.05) is 11.9 Å². The number of hydrogen-bond donors (Lipinski definition) is 2. The van der Waals surface area contributed by atoms with E-state index in [0.29, 0.717) is 11.4 Å². The van der Waals surface area contributed by atoms with Crippen molar-refractivity contribution in [1.82, 2.24) is 19.6 Å². The maximum Gasteiger partial charge on any atom is 0.233 e. The highest BCUT2D eigenvalue weighted by Gasteiger charge is 2.22. The van der Waals surface area contributed by atoms with E-state index in [0.717, 1.165) is 16.7 Å². The zero-order valence-electron chi connectivity index (χ0n) is 14.6. The molecule has 0 saturated heterocycles. The monoisotopic (exact) mass is 338 g/mol. The first-order chi connectivity index (χ1) is 12.0. The molecule has 0 aliphatic rings. The molecule has 3 rings (SSSR count). The average Bonchev–Trinajstić information content (AvgIpc) is 3.14. The molecule has 0 aliphatic heterocycles. The zero-order valence-corrected chi connectivity index (χ0v) is 14.6. The number of nitrogens with zero attached hydrogens (tertiary/aromatic N) is 4. The smallest absolute Gasteiger partial charge is 0.233 e. The standard InChI is InChI=1S/C18H22N6O/c1-12-5-4-6-13(7-12)15(8-19)18(25)21-16-11-24(3)22-17(16)14-9-20-23(2)10-14/h4-7,9-11,15H,8,19H2,1-3H3,(H,21,25). The Morgan fingerprint density at radius 2 is 2.08 bits per heavy atom. The predicted octanol–water partition coefficient (Wildman–Crippen LogP) is 1.81. The highest BCUT2D eigenvalue weighted by Crippen LogP contribution is 2.27. The van der Waals surface area contributed by atoms with E-state index in [9.17, 15) is 4.79 Å². The number of rotatable bonds is 5. The van der Waals surface area contributed by atoms with Crippen LogP contribution in [0.4, 0.5) is 5.69 Å². The molecule has 0 aliphatic carbocycles. The molecule has 0 spiro atoms. The highest BCUT2D eigenvalue weighted by molar-refractivity contribution is 5.98. The SMILES string of the molecule is Cc1cccc(C(CN)C(=O)Nc2cn(C)nc2-c2cnn(C)c2)c1. The number of aromatic nitrogens is 4. The zero-order chi connectivity index (χ0) is 18.0. The molecule has 1 aromatic carbocycles. The van der Waals surface area contributed by atoms with Gasteiger partial charge in [0.05, 0.1) is 17.8 Å². The molecule has 1 unspecified atom stereocenters. The van der Waals surface area contributed by atoms with E-state index in [4.69, 9.17) is 5.73 Å². The second kappa shape index (κ2) is 6.90. The molecule has 7 nitrogen and oxygen atoms in total. The van der Waals surface area contributed by atoms with Gasteiger partial charge in [-0.1, -0.05) is 29.8 Å². The van der Waals surface area contributed by atoms with Gasteiger partial charge in [0.1, 0.15) is 5.69 Å². The number of benzene rings is 1. The van der Waals surface area contributed by atoms with Crippen LogP contribution in [0.1, 0.15) is 17.0 Å². The van der Waals surface area contributed by atoms with Crippen molar-refractivity contribution in [2.24, 2.45) is 19.8 Å². The molecule has 2 heterocycles. The average molecular weight is 338 g/mol. The van der Waals surface area contributed by atoms with Gasteiger partial charge in [-0.05, 0) is 12.5 Å². The predicted molar refractivity (Wildman–Crippen MR) is 97.0 cm³/mol. The lowest BCUT2D eigenvalue weighted by Crippen LogP contribution is -2.27. The van der Waals surface area contributed by atoms with Gasteiger partial charge in [-0.2, -0.15) is 10.2 Å². The Kier molecular flexibility index (Phi) is 4.67. The number of anilines is 1. The van der Waals surface area contributed by atoms with Gasteiger partial charge >= 0.3 is 0 Å². The van der Waals surface area contributed by atoms with Crippen LogP contribution in [0, 0.1) is 6.92 Å². The van der Waals surface area contributed by atoms with Crippen LogP contribution >= 0.6 is 0 Å². The third kappa shape index (κ3) is 3.61. The summed E-state index contributed by atoms with van der Waals surface area (Å²) in [5.74, 6) is -0.562. The molecule has 3 aromatic rings. The third-order valence-corrected chi connectivity index (χ3v) is 4.06. The van der Waals surface area contributed by atoms with Crippen LogP contribution in [0.3, 0.4) is 0 Å². The van der Waals surface area contributed by atoms with E-state index in [1.807, 2.05) is 51.5 Å². The lowest BCUT2D eigenvalue weighted by molar-refractivity contribution is -0.117. The van der Waals surface area contributed by atoms with Crippen molar-refractivity contribution in [3.63, 3.8) is 0 Å². The van der Waals surface area contributed by atoms with Crippen LogP contribution in [0.5, 0.6) is 0 Å². The van der Waals surface area contributed by atoms with Gasteiger partial charge in [0, 0.05) is 38.6 Å². The van der Waals surface area contributed by atoms with Crippen LogP contribution < -0.4 is 11.1 Å². The van der Waals surface area contributed by atoms with E-state index in [1.54, 1.807) is 21.8 Å². The quantitative estimate of drug-likeness (QED) is 0.742. The normalized spacial score (nSPS) is 12.2. The maximum absolute atomic E-state index is 12.8. The number of carbonyl (C=O) groups is 1. The Balaban J connectivity index is 1.87. The van der Waals surface area contributed by atoms with Crippen molar-refractivity contribution >= 4 is 11.6 Å². The van der Waals surface area contributed by atoms with Crippen molar-refractivity contribution in [2.45, 2.75) is 12.8 Å². The fourth-order valence-electron chi connectivity index (χ4n) is 2.84. The molecule has 0 saturated carbocycles. The summed E-state index contributed by atoms with van der Waals surface area (Å²) in [5, 5.41) is 11.6. The molecule has 130 valence electrons. The fourth-order valence-corrected chi connectivity index (χ4v) is 2.84. The minimum atomic E-state index is -0.415. The van der Waals surface area contributed by atoms with E-state index < -0.39 is 5.92 Å². The number of hydrogen-bond acceptors (Lipinski definition) is 4. The van der Waals surface area contributed by atoms with Crippen LogP contribution in [0.25, 0.3) is 11.3 Å². The lowest BCUT2D eigenvalue weighted by atomic mass is 9.96. The second-order valence-corrected chi connectivity index (χ2v) is 6.16. The molecule has 1 amide bonds. The minimum Gasteiger partial charge on any atom is -0.329 e. The first kappa shape index (κ1) is 16.9. The van der Waals surface area contributed by atoms with Crippen LogP contribution in [0.2, 0.25) is 0 Å². The Labute approximate surface area is 146 Å². The minimum absolute atomic E-state index is 0.147. The topological polar surface area (TPSA) is 90.8 Å². The Morgan fingerprint density at radius 1 is 1.28 bits per heavy atom. The molecule has 0 radical (unpaired) electrons. The van der Waals surface area contributed by atoms with E-state index >= 15 is 0 Å². The molecule has 0 fully saturated rings. The summed E-state index contributed by atoms with van der Waals surface area (Å²) in [4.78, 5) is 12.8. The molecular weight excluding hydrogens is 316 g/mol. The number of aryl methyl sites for hydroxylation is 3. The van der Waals surface area contributed by atoms with Crippen LogP contribution in [-0.2, 0) is 18.9 Å². The molecule has 1 atom stereocenters. The molecule has 7 heteroatoms. The van der Waals surface area contributed by atoms with Gasteiger partial charge in [0.15, 0.2) is 0 Å². The van der Waals surface area contributed by atoms with E-state index in [2.05, 4.69) is 15.5 Å². The summed E-state index contributed by atoms with van der Waals surface area (Å²) in [5.41, 5.74) is 10.1. The first-order valence-electron chi connectivity index (χ1n) is 8.08. The Hall–Kier alpha value is -2.93. The summed E-state index contributed by atoms with van der Waals surface area (Å²) in [7, 11) is 3.66. The van der Waals surface area contributed by atoms with Crippen molar-refractivity contribution in [3.8, 4) is 11.3 Å². The van der Waals surface area contributed by atoms with Gasteiger partial charge in [-0.3, -0.25) is 14.2 Å². The van der Waals surface area contributed by atoms with Crippen molar-refractivity contribution in [3.05, 3.63) is 54.0 Å². The van der Waals surface area contributed by atoms with Crippen LogP contribution in [-0.4, -0.2) is 32.0 Å². The highest BCUT2D eigenvalue weighted by atomic mass is 16.1. The fraction of sp³-hybridized carbons (Fsp3) is 0.278. The number of amides is 1. The summed E-state index contributed by atoms with van der Waals surface area (Å²) < 4.78 is 3.37. The molecule has 3 N–H and O–H groups in total. The van der Waals surface area contributed by atoms with E-state index in [-0.39, 0.29) is 12.5 Å². The Morgan fingerprint density at radius 3 is 2.72 bits per heavy atom. The third-order valence-electron chi connectivity index (χ3n) is 4.06. The summed E-state index contributed by atoms with van der Waals surface area (Å²) >= 11 is 0. The van der Waals surface area contributed by atoms with E-state index in [1.165, 1.54) is 0 Å². The van der Waals surface area contributed by atoms with Gasteiger partial charge < -0.3 is 11.1 Å². The molecular formula is C18H22N6O. The van der Waals surface area contributed by atoms with Gasteiger partial charge in [0.25, 0.3) is 0 Å². The Bertz CT molecular complexity index is 895. The first-order valence-corrected chi connectivity index (χ1v) is 8.08.